The molecular formula is C31H44ClN3O5S. The molecule has 0 radical (unpaired) electrons. The fourth-order valence-corrected chi connectivity index (χ4v) is 5.12. The van der Waals surface area contributed by atoms with E-state index < -0.39 is 35.6 Å². The predicted molar refractivity (Wildman–Crippen MR) is 168 cm³/mol. The van der Waals surface area contributed by atoms with Gasteiger partial charge in [-0.3, -0.25) is 9.59 Å². The Kier molecular flexibility index (Phi) is 13.3. The highest BCUT2D eigenvalue weighted by Crippen LogP contribution is 2.35. The number of phenols is 1. The summed E-state index contributed by atoms with van der Waals surface area (Å²) in [6.07, 6.45) is 3.90. The first-order valence-electron chi connectivity index (χ1n) is 13.9. The molecule has 2 aromatic carbocycles. The second-order valence-corrected chi connectivity index (χ2v) is 12.4. The molecule has 3 amide bonds. The number of halogens is 1. The van der Waals surface area contributed by atoms with E-state index in [4.69, 9.17) is 16.3 Å². The molecule has 0 saturated heterocycles. The Bertz CT molecular complexity index is 1180. The monoisotopic (exact) mass is 605 g/mol. The molecule has 0 heterocycles. The van der Waals surface area contributed by atoms with Gasteiger partial charge < -0.3 is 25.4 Å². The highest BCUT2D eigenvalue weighted by molar-refractivity contribution is 7.98. The van der Waals surface area contributed by atoms with Crippen LogP contribution in [0.2, 0.25) is 5.02 Å². The van der Waals surface area contributed by atoms with Crippen molar-refractivity contribution in [1.29, 1.82) is 0 Å². The maximum atomic E-state index is 14.3. The van der Waals surface area contributed by atoms with E-state index in [9.17, 15) is 19.5 Å². The molecule has 2 unspecified atom stereocenters. The Morgan fingerprint density at radius 3 is 2.34 bits per heavy atom. The van der Waals surface area contributed by atoms with Gasteiger partial charge in [0.2, 0.25) is 5.91 Å². The van der Waals surface area contributed by atoms with Crippen LogP contribution in [-0.4, -0.2) is 58.1 Å². The molecule has 10 heteroatoms. The van der Waals surface area contributed by atoms with Crippen LogP contribution in [0.25, 0.3) is 0 Å². The summed E-state index contributed by atoms with van der Waals surface area (Å²) >= 11 is 7.98. The third kappa shape index (κ3) is 10.1. The maximum absolute atomic E-state index is 14.3. The molecule has 2 atom stereocenters. The SMILES string of the molecule is CCCCCN(C(=O)C(CCSC)NC(=O)OC(C)(C)C)C(C(=O)Nc1c(C)cccc1Cl)c1cccc(C)c1O. The van der Waals surface area contributed by atoms with Crippen molar-refractivity contribution in [3.8, 4) is 5.75 Å². The van der Waals surface area contributed by atoms with Crippen molar-refractivity contribution in [1.82, 2.24) is 10.2 Å². The minimum absolute atomic E-state index is 0.0717. The quantitative estimate of drug-likeness (QED) is 0.212. The largest absolute Gasteiger partial charge is 0.507 e. The van der Waals surface area contributed by atoms with Crippen LogP contribution < -0.4 is 10.6 Å². The molecule has 0 spiro atoms. The van der Waals surface area contributed by atoms with E-state index in [0.717, 1.165) is 18.4 Å². The average molecular weight is 606 g/mol. The first-order valence-corrected chi connectivity index (χ1v) is 15.7. The summed E-state index contributed by atoms with van der Waals surface area (Å²) in [5.74, 6) is -0.427. The number of amides is 3. The molecule has 0 bridgehead atoms. The lowest BCUT2D eigenvalue weighted by molar-refractivity contribution is -0.141. The fraction of sp³-hybridized carbons (Fsp3) is 0.516. The zero-order valence-corrected chi connectivity index (χ0v) is 26.7. The van der Waals surface area contributed by atoms with Gasteiger partial charge in [-0.25, -0.2) is 4.79 Å². The number of nitrogens with one attached hydrogen (secondary N) is 2. The molecule has 0 aliphatic heterocycles. The van der Waals surface area contributed by atoms with E-state index >= 15 is 0 Å². The lowest BCUT2D eigenvalue weighted by Gasteiger charge is -2.35. The molecule has 226 valence electrons. The summed E-state index contributed by atoms with van der Waals surface area (Å²) < 4.78 is 5.45. The third-order valence-corrected chi connectivity index (χ3v) is 7.44. The first kappa shape index (κ1) is 34.3. The van der Waals surface area contributed by atoms with Crippen molar-refractivity contribution in [2.45, 2.75) is 84.9 Å². The van der Waals surface area contributed by atoms with Crippen molar-refractivity contribution in [2.24, 2.45) is 0 Å². The Labute approximate surface area is 253 Å². The molecule has 2 rings (SSSR count). The fourth-order valence-electron chi connectivity index (χ4n) is 4.38. The zero-order valence-electron chi connectivity index (χ0n) is 25.2. The Balaban J connectivity index is 2.63. The summed E-state index contributed by atoms with van der Waals surface area (Å²) in [4.78, 5) is 42.7. The Hall–Kier alpha value is -2.91. The lowest BCUT2D eigenvalue weighted by atomic mass is 9.98. The van der Waals surface area contributed by atoms with E-state index in [1.807, 2.05) is 26.2 Å². The number of ether oxygens (including phenoxy) is 1. The summed E-state index contributed by atoms with van der Waals surface area (Å²) in [5.41, 5.74) is 1.30. The lowest BCUT2D eigenvalue weighted by Crippen LogP contribution is -2.53. The Morgan fingerprint density at radius 2 is 1.73 bits per heavy atom. The number of anilines is 1. The topological polar surface area (TPSA) is 108 Å². The van der Waals surface area contributed by atoms with E-state index in [1.54, 1.807) is 69.8 Å². The molecular weight excluding hydrogens is 562 g/mol. The number of nitrogens with zero attached hydrogens (tertiary/aromatic N) is 1. The van der Waals surface area contributed by atoms with E-state index in [0.29, 0.717) is 34.9 Å². The number of rotatable bonds is 13. The van der Waals surface area contributed by atoms with Gasteiger partial charge in [0.1, 0.15) is 23.4 Å². The van der Waals surface area contributed by atoms with Gasteiger partial charge in [0, 0.05) is 12.1 Å². The number of carbonyl (C=O) groups excluding carboxylic acids is 3. The number of alkyl carbamates (subject to hydrolysis) is 1. The average Bonchev–Trinajstić information content (AvgIpc) is 2.89. The number of aryl methyl sites for hydroxylation is 2. The van der Waals surface area contributed by atoms with Gasteiger partial charge in [-0.2, -0.15) is 11.8 Å². The number of benzene rings is 2. The van der Waals surface area contributed by atoms with E-state index in [1.165, 1.54) is 4.90 Å². The molecule has 0 aliphatic rings. The van der Waals surface area contributed by atoms with Gasteiger partial charge in [-0.1, -0.05) is 61.7 Å². The third-order valence-electron chi connectivity index (χ3n) is 6.48. The second-order valence-electron chi connectivity index (χ2n) is 11.1. The number of thioether (sulfide) groups is 1. The number of aromatic hydroxyl groups is 1. The van der Waals surface area contributed by atoms with Crippen molar-refractivity contribution in [2.75, 3.05) is 23.9 Å². The highest BCUT2D eigenvalue weighted by Gasteiger charge is 2.37. The summed E-state index contributed by atoms with van der Waals surface area (Å²) in [6.45, 7) is 11.1. The molecule has 8 nitrogen and oxygen atoms in total. The summed E-state index contributed by atoms with van der Waals surface area (Å²) in [6, 6.07) is 8.28. The van der Waals surface area contributed by atoms with Gasteiger partial charge in [-0.15, -0.1) is 0 Å². The van der Waals surface area contributed by atoms with E-state index in [2.05, 4.69) is 10.6 Å². The number of unbranched alkanes of at least 4 members (excludes halogenated alkanes) is 2. The molecule has 2 aromatic rings. The highest BCUT2D eigenvalue weighted by atomic mass is 35.5. The maximum Gasteiger partial charge on any atom is 0.408 e. The molecule has 3 N–H and O–H groups in total. The van der Waals surface area contributed by atoms with Crippen LogP contribution >= 0.6 is 23.4 Å². The number of hydrogen-bond acceptors (Lipinski definition) is 6. The van der Waals surface area contributed by atoms with Gasteiger partial charge in [0.15, 0.2) is 0 Å². The van der Waals surface area contributed by atoms with Crippen LogP contribution in [0, 0.1) is 13.8 Å². The minimum Gasteiger partial charge on any atom is -0.507 e. The molecule has 0 aliphatic carbocycles. The van der Waals surface area contributed by atoms with Crippen LogP contribution in [0.3, 0.4) is 0 Å². The normalized spacial score (nSPS) is 12.8. The standard InChI is InChI=1S/C31H44ClN3O5S/c1-8-9-10-18-35(29(38)24(17-19-41-7)33-30(39)40-31(4,5)6)26(22-15-11-14-21(3)27(22)36)28(37)34-25-20(2)13-12-16-23(25)32/h11-16,24,26,36H,8-10,17-19H2,1-7H3,(H,33,39)(H,34,37). The number of para-hydroxylation sites is 2. The molecule has 0 aromatic heterocycles. The number of hydrogen-bond donors (Lipinski definition) is 3. The van der Waals surface area contributed by atoms with Crippen LogP contribution in [0.1, 0.15) is 76.1 Å². The number of phenolic OH excluding ortho intramolecular Hbond substituents is 1. The van der Waals surface area contributed by atoms with Crippen molar-refractivity contribution in [3.63, 3.8) is 0 Å². The molecule has 41 heavy (non-hydrogen) atoms. The smallest absolute Gasteiger partial charge is 0.408 e. The van der Waals surface area contributed by atoms with Gasteiger partial charge in [0.25, 0.3) is 5.91 Å². The number of carbonyl (C=O) groups is 3. The van der Waals surface area contributed by atoms with Crippen molar-refractivity contribution >= 4 is 47.0 Å². The first-order chi connectivity index (χ1) is 19.3. The predicted octanol–water partition coefficient (Wildman–Crippen LogP) is 7.01. The molecule has 0 saturated carbocycles. The van der Waals surface area contributed by atoms with Gasteiger partial charge in [0.05, 0.1) is 10.7 Å². The Morgan fingerprint density at radius 1 is 1.07 bits per heavy atom. The minimum atomic E-state index is -1.19. The summed E-state index contributed by atoms with van der Waals surface area (Å²) in [5, 5.41) is 17.1. The molecule has 0 fully saturated rings. The van der Waals surface area contributed by atoms with Crippen molar-refractivity contribution < 1.29 is 24.2 Å². The second kappa shape index (κ2) is 15.9. The van der Waals surface area contributed by atoms with Crippen LogP contribution in [0.4, 0.5) is 10.5 Å². The van der Waals surface area contributed by atoms with Crippen LogP contribution in [0.15, 0.2) is 36.4 Å². The van der Waals surface area contributed by atoms with E-state index in [-0.39, 0.29) is 17.9 Å². The van der Waals surface area contributed by atoms with Crippen LogP contribution in [0.5, 0.6) is 5.75 Å². The van der Waals surface area contributed by atoms with Gasteiger partial charge >= 0.3 is 6.09 Å². The van der Waals surface area contributed by atoms with Crippen LogP contribution in [-0.2, 0) is 14.3 Å². The van der Waals surface area contributed by atoms with Gasteiger partial charge in [-0.05, 0) is 76.7 Å². The van der Waals surface area contributed by atoms with Crippen molar-refractivity contribution in [3.05, 3.63) is 58.1 Å². The zero-order chi connectivity index (χ0) is 30.7. The summed E-state index contributed by atoms with van der Waals surface area (Å²) in [7, 11) is 0.